The maximum Gasteiger partial charge on any atom is 0.179 e. The van der Waals surface area contributed by atoms with E-state index in [9.17, 15) is 8.42 Å². The predicted molar refractivity (Wildman–Crippen MR) is 56.0 cm³/mol. The summed E-state index contributed by atoms with van der Waals surface area (Å²) in [6.07, 6.45) is 1.27. The molecule has 0 aliphatic rings. The number of nitrogens with zero attached hydrogens (tertiary/aromatic N) is 1. The number of aliphatic hydroxyl groups is 1. The van der Waals surface area contributed by atoms with Crippen LogP contribution in [0.2, 0.25) is 0 Å². The van der Waals surface area contributed by atoms with E-state index < -0.39 is 15.9 Å². The minimum Gasteiger partial charge on any atom is -0.394 e. The summed E-state index contributed by atoms with van der Waals surface area (Å²) in [4.78, 5) is 4.08. The van der Waals surface area contributed by atoms with Crippen LogP contribution in [0.15, 0.2) is 23.2 Å². The van der Waals surface area contributed by atoms with Crippen molar-refractivity contribution in [3.8, 4) is 0 Å². The Kier molecular flexibility index (Phi) is 3.78. The maximum absolute atomic E-state index is 11.4. The zero-order valence-electron chi connectivity index (χ0n) is 8.42. The van der Waals surface area contributed by atoms with Crippen molar-refractivity contribution in [2.75, 3.05) is 12.4 Å². The fourth-order valence-corrected chi connectivity index (χ4v) is 1.88. The van der Waals surface area contributed by atoms with Gasteiger partial charge in [0.25, 0.3) is 0 Å². The molecule has 0 saturated heterocycles. The highest BCUT2D eigenvalue weighted by molar-refractivity contribution is 7.91. The molecule has 1 heterocycles. The SMILES string of the molecule is CCS(=O)(=O)c1ccc([C@H](N)CO)nc1. The lowest BCUT2D eigenvalue weighted by Gasteiger charge is -2.07. The average Bonchev–Trinajstić information content (AvgIpc) is 2.28. The second-order valence-electron chi connectivity index (χ2n) is 3.11. The summed E-state index contributed by atoms with van der Waals surface area (Å²) in [5, 5.41) is 8.78. The van der Waals surface area contributed by atoms with E-state index in [-0.39, 0.29) is 17.3 Å². The number of pyridine rings is 1. The molecular formula is C9H14N2O3S. The lowest BCUT2D eigenvalue weighted by molar-refractivity contribution is 0.266. The van der Waals surface area contributed by atoms with Crippen molar-refractivity contribution in [1.82, 2.24) is 4.98 Å². The molecule has 0 radical (unpaired) electrons. The van der Waals surface area contributed by atoms with Crippen molar-refractivity contribution in [3.63, 3.8) is 0 Å². The van der Waals surface area contributed by atoms with Gasteiger partial charge in [-0.1, -0.05) is 6.92 Å². The molecule has 0 spiro atoms. The quantitative estimate of drug-likeness (QED) is 0.751. The van der Waals surface area contributed by atoms with Crippen LogP contribution in [0.25, 0.3) is 0 Å². The first-order valence-corrected chi connectivity index (χ1v) is 6.21. The van der Waals surface area contributed by atoms with Gasteiger partial charge >= 0.3 is 0 Å². The molecule has 0 aliphatic heterocycles. The molecule has 0 amide bonds. The molecular weight excluding hydrogens is 216 g/mol. The smallest absolute Gasteiger partial charge is 0.179 e. The number of aliphatic hydroxyl groups excluding tert-OH is 1. The molecule has 6 heteroatoms. The molecule has 15 heavy (non-hydrogen) atoms. The van der Waals surface area contributed by atoms with E-state index in [2.05, 4.69) is 4.98 Å². The van der Waals surface area contributed by atoms with Crippen molar-refractivity contribution in [2.24, 2.45) is 5.73 Å². The first-order valence-electron chi connectivity index (χ1n) is 4.56. The van der Waals surface area contributed by atoms with Crippen LogP contribution in [0.4, 0.5) is 0 Å². The highest BCUT2D eigenvalue weighted by Crippen LogP contribution is 2.12. The van der Waals surface area contributed by atoms with Crippen LogP contribution >= 0.6 is 0 Å². The lowest BCUT2D eigenvalue weighted by Crippen LogP contribution is -2.16. The molecule has 5 nitrogen and oxygen atoms in total. The van der Waals surface area contributed by atoms with Crippen molar-refractivity contribution < 1.29 is 13.5 Å². The third-order valence-corrected chi connectivity index (χ3v) is 3.79. The third kappa shape index (κ3) is 2.74. The van der Waals surface area contributed by atoms with Gasteiger partial charge in [0, 0.05) is 6.20 Å². The van der Waals surface area contributed by atoms with Gasteiger partial charge < -0.3 is 10.8 Å². The van der Waals surface area contributed by atoms with Crippen molar-refractivity contribution in [2.45, 2.75) is 17.9 Å². The second kappa shape index (κ2) is 4.69. The topological polar surface area (TPSA) is 93.3 Å². The molecule has 0 unspecified atom stereocenters. The highest BCUT2D eigenvalue weighted by Gasteiger charge is 2.13. The Morgan fingerprint density at radius 1 is 1.53 bits per heavy atom. The molecule has 0 bridgehead atoms. The van der Waals surface area contributed by atoms with Crippen LogP contribution in [-0.2, 0) is 9.84 Å². The van der Waals surface area contributed by atoms with Crippen LogP contribution in [0.5, 0.6) is 0 Å². The number of hydrogen-bond donors (Lipinski definition) is 2. The summed E-state index contributed by atoms with van der Waals surface area (Å²) < 4.78 is 22.9. The van der Waals surface area contributed by atoms with Gasteiger partial charge in [0.1, 0.15) is 0 Å². The molecule has 1 atom stereocenters. The molecule has 0 aromatic carbocycles. The Labute approximate surface area is 88.9 Å². The fourth-order valence-electron chi connectivity index (χ4n) is 1.06. The van der Waals surface area contributed by atoms with Gasteiger partial charge in [-0.25, -0.2) is 8.42 Å². The van der Waals surface area contributed by atoms with Gasteiger partial charge in [0.15, 0.2) is 9.84 Å². The van der Waals surface area contributed by atoms with E-state index in [0.717, 1.165) is 0 Å². The summed E-state index contributed by atoms with van der Waals surface area (Å²) in [6, 6.07) is 2.41. The van der Waals surface area contributed by atoms with Gasteiger partial charge in [-0.3, -0.25) is 4.98 Å². The molecule has 1 aromatic heterocycles. The molecule has 0 fully saturated rings. The Bertz CT molecular complexity index is 413. The minimum absolute atomic E-state index is 0.0417. The number of sulfone groups is 1. The summed E-state index contributed by atoms with van der Waals surface area (Å²) in [7, 11) is -3.21. The van der Waals surface area contributed by atoms with Crippen molar-refractivity contribution in [3.05, 3.63) is 24.0 Å². The number of aromatic nitrogens is 1. The maximum atomic E-state index is 11.4. The summed E-state index contributed by atoms with van der Waals surface area (Å²) >= 11 is 0. The van der Waals surface area contributed by atoms with E-state index in [1.165, 1.54) is 18.3 Å². The van der Waals surface area contributed by atoms with E-state index in [0.29, 0.717) is 5.69 Å². The van der Waals surface area contributed by atoms with Gasteiger partial charge in [-0.2, -0.15) is 0 Å². The molecule has 0 saturated carbocycles. The first kappa shape index (κ1) is 12.1. The summed E-state index contributed by atoms with van der Waals surface area (Å²) in [5.41, 5.74) is 6.00. The molecule has 3 N–H and O–H groups in total. The Balaban J connectivity index is 3.00. The zero-order chi connectivity index (χ0) is 11.5. The van der Waals surface area contributed by atoms with E-state index >= 15 is 0 Å². The number of hydrogen-bond acceptors (Lipinski definition) is 5. The Morgan fingerprint density at radius 3 is 2.60 bits per heavy atom. The first-order chi connectivity index (χ1) is 7.01. The lowest BCUT2D eigenvalue weighted by atomic mass is 10.2. The molecule has 84 valence electrons. The Hall–Kier alpha value is -0.980. The second-order valence-corrected chi connectivity index (χ2v) is 5.39. The molecule has 0 aliphatic carbocycles. The van der Waals surface area contributed by atoms with Crippen LogP contribution in [-0.4, -0.2) is 30.9 Å². The van der Waals surface area contributed by atoms with Gasteiger partial charge in [-0.15, -0.1) is 0 Å². The Morgan fingerprint density at radius 2 is 2.20 bits per heavy atom. The predicted octanol–water partition coefficient (Wildman–Crippen LogP) is -0.133. The number of nitrogens with two attached hydrogens (primary N) is 1. The van der Waals surface area contributed by atoms with E-state index in [4.69, 9.17) is 10.8 Å². The largest absolute Gasteiger partial charge is 0.394 e. The van der Waals surface area contributed by atoms with Gasteiger partial charge in [0.05, 0.1) is 29.0 Å². The zero-order valence-corrected chi connectivity index (χ0v) is 9.24. The molecule has 1 aromatic rings. The number of rotatable bonds is 4. The van der Waals surface area contributed by atoms with E-state index in [1.807, 2.05) is 0 Å². The molecule has 1 rings (SSSR count). The average molecular weight is 230 g/mol. The minimum atomic E-state index is -3.21. The highest BCUT2D eigenvalue weighted by atomic mass is 32.2. The fraction of sp³-hybridized carbons (Fsp3) is 0.444. The van der Waals surface area contributed by atoms with Crippen molar-refractivity contribution in [1.29, 1.82) is 0 Å². The van der Waals surface area contributed by atoms with Gasteiger partial charge in [-0.05, 0) is 12.1 Å². The van der Waals surface area contributed by atoms with Gasteiger partial charge in [0.2, 0.25) is 0 Å². The summed E-state index contributed by atoms with van der Waals surface area (Å²) in [6.45, 7) is 1.36. The van der Waals surface area contributed by atoms with Crippen LogP contribution in [0.3, 0.4) is 0 Å². The third-order valence-electron chi connectivity index (χ3n) is 2.07. The van der Waals surface area contributed by atoms with Crippen molar-refractivity contribution >= 4 is 9.84 Å². The van der Waals surface area contributed by atoms with Crippen LogP contribution in [0.1, 0.15) is 18.7 Å². The van der Waals surface area contributed by atoms with E-state index in [1.54, 1.807) is 6.92 Å². The monoisotopic (exact) mass is 230 g/mol. The van der Waals surface area contributed by atoms with Crippen LogP contribution < -0.4 is 5.73 Å². The standard InChI is InChI=1S/C9H14N2O3S/c1-2-15(13,14)7-3-4-9(11-5-7)8(10)6-12/h3-5,8,12H,2,6,10H2,1H3/t8-/m1/s1. The van der Waals surface area contributed by atoms with Crippen LogP contribution in [0, 0.1) is 0 Å². The summed E-state index contributed by atoms with van der Waals surface area (Å²) in [5.74, 6) is 0.0417. The normalized spacial score (nSPS) is 13.8.